The summed E-state index contributed by atoms with van der Waals surface area (Å²) in [5.74, 6) is -2.00. The predicted octanol–water partition coefficient (Wildman–Crippen LogP) is 4.41. The van der Waals surface area contributed by atoms with Crippen LogP contribution in [0.3, 0.4) is 0 Å². The van der Waals surface area contributed by atoms with E-state index in [-0.39, 0.29) is 45.4 Å². The van der Waals surface area contributed by atoms with E-state index in [0.29, 0.717) is 0 Å². The molecule has 0 spiro atoms. The Morgan fingerprint density at radius 2 is 1.84 bits per heavy atom. The number of hydrogen-bond acceptors (Lipinski definition) is 6. The number of hydrogen-bond donors (Lipinski definition) is 1. The molecule has 0 fully saturated rings. The maximum atomic E-state index is 13.9. The number of halogens is 4. The van der Waals surface area contributed by atoms with Gasteiger partial charge in [0.15, 0.2) is 17.2 Å². The van der Waals surface area contributed by atoms with E-state index in [2.05, 4.69) is 20.1 Å². The molecule has 0 aliphatic heterocycles. The summed E-state index contributed by atoms with van der Waals surface area (Å²) in [4.78, 5) is 34.1. The lowest BCUT2D eigenvalue weighted by Gasteiger charge is -2.15. The van der Waals surface area contributed by atoms with E-state index in [4.69, 9.17) is 5.73 Å². The number of pyridine rings is 1. The van der Waals surface area contributed by atoms with Crippen molar-refractivity contribution >= 4 is 17.4 Å². The minimum atomic E-state index is -4.74. The summed E-state index contributed by atoms with van der Waals surface area (Å²) in [5.41, 5.74) is 4.68. The molecule has 0 saturated carbocycles. The van der Waals surface area contributed by atoms with E-state index in [1.54, 1.807) is 0 Å². The van der Waals surface area contributed by atoms with Crippen LogP contribution in [0.2, 0.25) is 0 Å². The SMILES string of the molecule is Cc1cc(-c2c(-c3cccc(F)c3)nc(N)c3nc(C(=O)N=O)cn23)cc(C(F)(F)F)n1. The smallest absolute Gasteiger partial charge is 0.381 e. The van der Waals surface area contributed by atoms with Gasteiger partial charge in [-0.25, -0.2) is 19.3 Å². The molecule has 32 heavy (non-hydrogen) atoms. The fraction of sp³-hybridized carbons (Fsp3) is 0.100. The molecule has 12 heteroatoms. The van der Waals surface area contributed by atoms with Crippen LogP contribution in [0.1, 0.15) is 21.9 Å². The highest BCUT2D eigenvalue weighted by atomic mass is 19.4. The lowest BCUT2D eigenvalue weighted by atomic mass is 10.0. The molecule has 4 rings (SSSR count). The maximum Gasteiger partial charge on any atom is 0.433 e. The van der Waals surface area contributed by atoms with Crippen LogP contribution in [0.15, 0.2) is 47.8 Å². The molecule has 0 aliphatic rings. The number of fused-ring (bicyclic) bond motifs is 1. The monoisotopic (exact) mass is 444 g/mol. The molecule has 8 nitrogen and oxygen atoms in total. The average molecular weight is 444 g/mol. The Hall–Kier alpha value is -4.22. The first-order valence-corrected chi connectivity index (χ1v) is 8.97. The van der Waals surface area contributed by atoms with Gasteiger partial charge >= 0.3 is 12.1 Å². The summed E-state index contributed by atoms with van der Waals surface area (Å²) < 4.78 is 55.4. The Morgan fingerprint density at radius 1 is 1.09 bits per heavy atom. The Bertz CT molecular complexity index is 1400. The van der Waals surface area contributed by atoms with E-state index >= 15 is 0 Å². The minimum absolute atomic E-state index is 0.0112. The van der Waals surface area contributed by atoms with Gasteiger partial charge in [0, 0.05) is 28.2 Å². The first-order chi connectivity index (χ1) is 15.1. The van der Waals surface area contributed by atoms with Crippen molar-refractivity contribution in [2.45, 2.75) is 13.1 Å². The Morgan fingerprint density at radius 3 is 2.50 bits per heavy atom. The largest absolute Gasteiger partial charge is 0.433 e. The van der Waals surface area contributed by atoms with Gasteiger partial charge in [0.25, 0.3) is 0 Å². The topological polar surface area (TPSA) is 116 Å². The van der Waals surface area contributed by atoms with Gasteiger partial charge in [0.1, 0.15) is 11.5 Å². The number of nitrogens with two attached hydrogens (primary N) is 1. The van der Waals surface area contributed by atoms with Crippen LogP contribution >= 0.6 is 0 Å². The zero-order chi connectivity index (χ0) is 23.2. The average Bonchev–Trinajstić information content (AvgIpc) is 3.18. The zero-order valence-electron chi connectivity index (χ0n) is 16.2. The number of rotatable bonds is 3. The van der Waals surface area contributed by atoms with Crippen LogP contribution in [0, 0.1) is 17.6 Å². The third-order valence-corrected chi connectivity index (χ3v) is 4.55. The van der Waals surface area contributed by atoms with E-state index in [1.165, 1.54) is 35.6 Å². The summed E-state index contributed by atoms with van der Waals surface area (Å²) in [6, 6.07) is 7.37. The quantitative estimate of drug-likeness (QED) is 0.370. The second-order valence-electron chi connectivity index (χ2n) is 6.80. The molecule has 3 heterocycles. The first kappa shape index (κ1) is 21.0. The number of imidazole rings is 1. The van der Waals surface area contributed by atoms with Gasteiger partial charge in [-0.05, 0) is 31.2 Å². The molecule has 1 aromatic carbocycles. The Kier molecular flexibility index (Phi) is 4.92. The number of anilines is 1. The molecule has 1 amide bonds. The van der Waals surface area contributed by atoms with Crippen molar-refractivity contribution in [3.63, 3.8) is 0 Å². The fourth-order valence-corrected chi connectivity index (χ4v) is 3.28. The van der Waals surface area contributed by atoms with E-state index in [0.717, 1.165) is 18.3 Å². The predicted molar refractivity (Wildman–Crippen MR) is 106 cm³/mol. The number of alkyl halides is 3. The van der Waals surface area contributed by atoms with E-state index in [1.807, 2.05) is 0 Å². The van der Waals surface area contributed by atoms with Crippen LogP contribution in [-0.2, 0) is 6.18 Å². The van der Waals surface area contributed by atoms with Crippen LogP contribution in [0.25, 0.3) is 28.2 Å². The Labute approximate surface area is 176 Å². The minimum Gasteiger partial charge on any atom is -0.381 e. The summed E-state index contributed by atoms with van der Waals surface area (Å²) in [5, 5.41) is 2.30. The van der Waals surface area contributed by atoms with E-state index in [9.17, 15) is 27.3 Å². The molecule has 0 atom stereocenters. The van der Waals surface area contributed by atoms with Gasteiger partial charge in [-0.3, -0.25) is 9.20 Å². The van der Waals surface area contributed by atoms with Gasteiger partial charge in [-0.2, -0.15) is 13.2 Å². The third kappa shape index (κ3) is 3.66. The van der Waals surface area contributed by atoms with Crippen molar-refractivity contribution in [3.8, 4) is 22.5 Å². The number of aryl methyl sites for hydroxylation is 1. The molecule has 0 aliphatic carbocycles. The van der Waals surface area contributed by atoms with Gasteiger partial charge in [0.2, 0.25) is 0 Å². The van der Waals surface area contributed by atoms with Crippen molar-refractivity contribution in [2.75, 3.05) is 5.73 Å². The van der Waals surface area contributed by atoms with Crippen LogP contribution in [0.4, 0.5) is 23.4 Å². The van der Waals surface area contributed by atoms with Crippen LogP contribution < -0.4 is 5.73 Å². The molecule has 2 N–H and O–H groups in total. The summed E-state index contributed by atoms with van der Waals surface area (Å²) in [7, 11) is 0. The van der Waals surface area contributed by atoms with Crippen molar-refractivity contribution in [2.24, 2.45) is 5.18 Å². The number of benzene rings is 1. The molecular formula is C20H12F4N6O2. The highest BCUT2D eigenvalue weighted by molar-refractivity contribution is 5.94. The number of nitroso groups, excluding NO2 is 1. The van der Waals surface area contributed by atoms with Crippen molar-refractivity contribution < 1.29 is 22.4 Å². The summed E-state index contributed by atoms with van der Waals surface area (Å²) in [6.45, 7) is 1.38. The summed E-state index contributed by atoms with van der Waals surface area (Å²) >= 11 is 0. The lowest BCUT2D eigenvalue weighted by molar-refractivity contribution is -0.141. The normalized spacial score (nSPS) is 11.7. The Balaban J connectivity index is 2.14. The number of nitrogen functional groups attached to an aromatic ring is 1. The molecule has 3 aromatic heterocycles. The standard InChI is InChI=1S/C20H12F4N6O2/c1-9-5-11(7-14(26-9)20(22,23)24)16-15(10-3-2-4-12(21)6-10)28-17(25)18-27-13(8-30(16)18)19(31)29-32/h2-8H,1H3,(H2,25,28). The molecule has 0 saturated heterocycles. The molecule has 0 bridgehead atoms. The molecular weight excluding hydrogens is 432 g/mol. The highest BCUT2D eigenvalue weighted by Gasteiger charge is 2.33. The second-order valence-corrected chi connectivity index (χ2v) is 6.80. The molecule has 0 radical (unpaired) electrons. The van der Waals surface area contributed by atoms with E-state index < -0.39 is 23.6 Å². The number of aromatic nitrogens is 4. The zero-order valence-corrected chi connectivity index (χ0v) is 16.2. The van der Waals surface area contributed by atoms with Crippen molar-refractivity contribution in [1.29, 1.82) is 0 Å². The number of amides is 1. The number of carbonyl (C=O) groups excluding carboxylic acids is 1. The van der Waals surface area contributed by atoms with Crippen LogP contribution in [0.5, 0.6) is 0 Å². The van der Waals surface area contributed by atoms with Gasteiger partial charge in [0.05, 0.1) is 11.4 Å². The number of carbonyl (C=O) groups is 1. The van der Waals surface area contributed by atoms with Gasteiger partial charge < -0.3 is 5.73 Å². The molecule has 0 unspecified atom stereocenters. The van der Waals surface area contributed by atoms with Crippen molar-refractivity contribution in [1.82, 2.24) is 19.4 Å². The van der Waals surface area contributed by atoms with Crippen molar-refractivity contribution in [3.05, 3.63) is 70.4 Å². The first-order valence-electron chi connectivity index (χ1n) is 8.97. The van der Waals surface area contributed by atoms with Crippen LogP contribution in [-0.4, -0.2) is 25.3 Å². The summed E-state index contributed by atoms with van der Waals surface area (Å²) in [6.07, 6.45) is -3.63. The lowest BCUT2D eigenvalue weighted by Crippen LogP contribution is -2.10. The number of nitrogens with zero attached hydrogens (tertiary/aromatic N) is 5. The molecule has 4 aromatic rings. The maximum absolute atomic E-state index is 13.9. The molecule has 162 valence electrons. The van der Waals surface area contributed by atoms with Gasteiger partial charge in [-0.15, -0.1) is 4.91 Å². The fourth-order valence-electron chi connectivity index (χ4n) is 3.28. The third-order valence-electron chi connectivity index (χ3n) is 4.55. The second kappa shape index (κ2) is 7.48. The van der Waals surface area contributed by atoms with Gasteiger partial charge in [-0.1, -0.05) is 12.1 Å². The highest BCUT2D eigenvalue weighted by Crippen LogP contribution is 2.37.